The van der Waals surface area contributed by atoms with Crippen LogP contribution in [-0.2, 0) is 0 Å². The topological polar surface area (TPSA) is 30.3 Å². The van der Waals surface area contributed by atoms with Gasteiger partial charge in [0, 0.05) is 31.7 Å². The smallest absolute Gasteiger partial charge is 0.0672 e. The largest absolute Gasteiger partial charge is 0.304 e. The van der Waals surface area contributed by atoms with Gasteiger partial charge in [-0.1, -0.05) is 12.8 Å². The molecule has 16 heavy (non-hydrogen) atoms. The predicted molar refractivity (Wildman–Crippen MR) is 65.0 cm³/mol. The Kier molecular flexibility index (Phi) is 3.83. The molecule has 1 saturated carbocycles. The third kappa shape index (κ3) is 2.39. The van der Waals surface area contributed by atoms with Crippen LogP contribution in [0.25, 0.3) is 0 Å². The third-order valence-electron chi connectivity index (χ3n) is 4.20. The van der Waals surface area contributed by atoms with E-state index in [1.165, 1.54) is 19.3 Å². The highest BCUT2D eigenvalue weighted by Gasteiger charge is 2.34. The molecule has 1 heterocycles. The molecule has 0 amide bonds. The van der Waals surface area contributed by atoms with Crippen molar-refractivity contribution in [3.8, 4) is 6.07 Å². The zero-order valence-corrected chi connectivity index (χ0v) is 10.5. The molecule has 2 aliphatic rings. The number of hydrogen-bond donors (Lipinski definition) is 0. The summed E-state index contributed by atoms with van der Waals surface area (Å²) >= 11 is 0. The quantitative estimate of drug-likeness (QED) is 0.675. The lowest BCUT2D eigenvalue weighted by Crippen LogP contribution is -2.56. The first-order valence-corrected chi connectivity index (χ1v) is 6.56. The Bertz CT molecular complexity index is 271. The summed E-state index contributed by atoms with van der Waals surface area (Å²) in [7, 11) is 2.19. The summed E-state index contributed by atoms with van der Waals surface area (Å²) in [6.45, 7) is 5.74. The number of likely N-dealkylation sites (N-methyl/N-ethyl adjacent to an activating group) is 1. The second-order valence-electron chi connectivity index (χ2n) is 5.44. The van der Waals surface area contributed by atoms with E-state index in [9.17, 15) is 5.26 Å². The van der Waals surface area contributed by atoms with Crippen LogP contribution in [0.15, 0.2) is 0 Å². The van der Waals surface area contributed by atoms with Crippen LogP contribution in [0.3, 0.4) is 0 Å². The van der Waals surface area contributed by atoms with Crippen molar-refractivity contribution in [3.05, 3.63) is 0 Å². The first-order valence-electron chi connectivity index (χ1n) is 6.56. The van der Waals surface area contributed by atoms with Crippen molar-refractivity contribution >= 4 is 0 Å². The minimum absolute atomic E-state index is 0.277. The zero-order chi connectivity index (χ0) is 11.5. The number of rotatable bonds is 1. The van der Waals surface area contributed by atoms with Gasteiger partial charge >= 0.3 is 0 Å². The summed E-state index contributed by atoms with van der Waals surface area (Å²) in [5, 5.41) is 9.24. The van der Waals surface area contributed by atoms with Gasteiger partial charge in [-0.3, -0.25) is 4.90 Å². The molecule has 3 heteroatoms. The molecule has 2 rings (SSSR count). The van der Waals surface area contributed by atoms with Gasteiger partial charge in [0.1, 0.15) is 0 Å². The maximum absolute atomic E-state index is 9.24. The van der Waals surface area contributed by atoms with E-state index in [1.54, 1.807) is 0 Å². The fourth-order valence-corrected chi connectivity index (χ4v) is 3.31. The molecule has 0 N–H and O–H groups in total. The fraction of sp³-hybridized carbons (Fsp3) is 0.923. The van der Waals surface area contributed by atoms with E-state index in [4.69, 9.17) is 0 Å². The zero-order valence-electron chi connectivity index (χ0n) is 10.5. The highest BCUT2D eigenvalue weighted by Crippen LogP contribution is 2.30. The molecule has 3 nitrogen and oxygen atoms in total. The Morgan fingerprint density at radius 1 is 1.19 bits per heavy atom. The fourth-order valence-electron chi connectivity index (χ4n) is 3.31. The van der Waals surface area contributed by atoms with Gasteiger partial charge < -0.3 is 4.90 Å². The molecule has 2 fully saturated rings. The minimum Gasteiger partial charge on any atom is -0.304 e. The molecule has 0 aromatic rings. The van der Waals surface area contributed by atoms with Crippen LogP contribution in [0.1, 0.15) is 32.6 Å². The second kappa shape index (κ2) is 5.16. The lowest BCUT2D eigenvalue weighted by molar-refractivity contribution is 0.0311. The van der Waals surface area contributed by atoms with Crippen molar-refractivity contribution in [2.24, 2.45) is 5.92 Å². The van der Waals surface area contributed by atoms with Crippen LogP contribution in [0.4, 0.5) is 0 Å². The van der Waals surface area contributed by atoms with Crippen molar-refractivity contribution in [3.63, 3.8) is 0 Å². The number of nitrogens with zero attached hydrogens (tertiary/aromatic N) is 3. The predicted octanol–water partition coefficient (Wildman–Crippen LogP) is 1.70. The van der Waals surface area contributed by atoms with E-state index >= 15 is 0 Å². The lowest BCUT2D eigenvalue weighted by Gasteiger charge is -2.45. The summed E-state index contributed by atoms with van der Waals surface area (Å²) in [5.41, 5.74) is 0. The molecule has 0 spiro atoms. The van der Waals surface area contributed by atoms with Gasteiger partial charge in [0.2, 0.25) is 0 Å². The van der Waals surface area contributed by atoms with Gasteiger partial charge in [0.25, 0.3) is 0 Å². The van der Waals surface area contributed by atoms with E-state index in [2.05, 4.69) is 29.8 Å². The van der Waals surface area contributed by atoms with Crippen LogP contribution in [0.5, 0.6) is 0 Å². The molecule has 3 atom stereocenters. The number of nitriles is 1. The number of piperazine rings is 1. The van der Waals surface area contributed by atoms with Gasteiger partial charge in [0.15, 0.2) is 0 Å². The highest BCUT2D eigenvalue weighted by atomic mass is 15.3. The highest BCUT2D eigenvalue weighted by molar-refractivity contribution is 4.98. The van der Waals surface area contributed by atoms with E-state index in [0.717, 1.165) is 26.1 Å². The number of hydrogen-bond acceptors (Lipinski definition) is 3. The molecule has 0 aromatic carbocycles. The average molecular weight is 221 g/mol. The Morgan fingerprint density at radius 2 is 1.94 bits per heavy atom. The second-order valence-corrected chi connectivity index (χ2v) is 5.44. The summed E-state index contributed by atoms with van der Waals surface area (Å²) in [6, 6.07) is 3.67. The van der Waals surface area contributed by atoms with Crippen LogP contribution < -0.4 is 0 Å². The Morgan fingerprint density at radius 3 is 2.62 bits per heavy atom. The van der Waals surface area contributed by atoms with Gasteiger partial charge in [-0.05, 0) is 26.8 Å². The monoisotopic (exact) mass is 221 g/mol. The Balaban J connectivity index is 2.02. The van der Waals surface area contributed by atoms with Gasteiger partial charge in [-0.15, -0.1) is 0 Å². The lowest BCUT2D eigenvalue weighted by atomic mass is 9.83. The maximum atomic E-state index is 9.24. The summed E-state index contributed by atoms with van der Waals surface area (Å²) in [5.74, 6) is 0.277. The van der Waals surface area contributed by atoms with Crippen LogP contribution in [0.2, 0.25) is 0 Å². The first-order chi connectivity index (χ1) is 7.72. The molecular weight excluding hydrogens is 198 g/mol. The Hall–Kier alpha value is -0.590. The van der Waals surface area contributed by atoms with Crippen molar-refractivity contribution < 1.29 is 0 Å². The average Bonchev–Trinajstić information content (AvgIpc) is 2.29. The third-order valence-corrected chi connectivity index (χ3v) is 4.20. The summed E-state index contributed by atoms with van der Waals surface area (Å²) < 4.78 is 0. The van der Waals surface area contributed by atoms with Gasteiger partial charge in [-0.25, -0.2) is 0 Å². The van der Waals surface area contributed by atoms with E-state index in [1.807, 2.05) is 0 Å². The van der Waals surface area contributed by atoms with Gasteiger partial charge in [-0.2, -0.15) is 5.26 Å². The molecular formula is C13H23N3. The molecule has 0 bridgehead atoms. The van der Waals surface area contributed by atoms with Crippen LogP contribution >= 0.6 is 0 Å². The van der Waals surface area contributed by atoms with Crippen molar-refractivity contribution in [1.29, 1.82) is 5.26 Å². The molecule has 1 saturated heterocycles. The van der Waals surface area contributed by atoms with Crippen LogP contribution in [0, 0.1) is 17.2 Å². The summed E-state index contributed by atoms with van der Waals surface area (Å²) in [4.78, 5) is 4.98. The normalized spacial score (nSPS) is 38.2. The van der Waals surface area contributed by atoms with Gasteiger partial charge in [0.05, 0.1) is 12.0 Å². The first kappa shape index (κ1) is 11.9. The summed E-state index contributed by atoms with van der Waals surface area (Å²) in [6.07, 6.45) is 4.89. The maximum Gasteiger partial charge on any atom is 0.0672 e. The molecule has 3 unspecified atom stereocenters. The van der Waals surface area contributed by atoms with Crippen molar-refractivity contribution in [2.75, 3.05) is 26.7 Å². The standard InChI is InChI=1S/C13H23N3/c1-11-10-15(2)7-8-16(11)13-6-4-3-5-12(13)9-14/h11-13H,3-8,10H2,1-2H3. The van der Waals surface area contributed by atoms with Crippen molar-refractivity contribution in [2.45, 2.75) is 44.7 Å². The van der Waals surface area contributed by atoms with E-state index in [-0.39, 0.29) is 5.92 Å². The molecule has 1 aliphatic heterocycles. The SMILES string of the molecule is CC1CN(C)CCN1C1CCCCC1C#N. The van der Waals surface area contributed by atoms with Crippen LogP contribution in [-0.4, -0.2) is 48.6 Å². The molecule has 1 aliphatic carbocycles. The molecule has 0 aromatic heterocycles. The molecule has 90 valence electrons. The minimum atomic E-state index is 0.277. The molecule has 0 radical (unpaired) electrons. The Labute approximate surface area is 99.0 Å². The van der Waals surface area contributed by atoms with E-state index in [0.29, 0.717) is 12.1 Å². The van der Waals surface area contributed by atoms with E-state index < -0.39 is 0 Å². The van der Waals surface area contributed by atoms with Crippen molar-refractivity contribution in [1.82, 2.24) is 9.80 Å².